The Labute approximate surface area is 136 Å². The standard InChI is InChI=1S/C17H22N2O4/c1-6-11-22-17(18-15(21)23-16(2,3)4)12-9-7-8-10-13(12)19(5)14(17)20/h6-10H,1,11H2,2-5H3,(H,18,21)/t17-/m1/s1. The van der Waals surface area contributed by atoms with Crippen LogP contribution in [-0.4, -0.2) is 31.3 Å². The van der Waals surface area contributed by atoms with Gasteiger partial charge in [-0.3, -0.25) is 10.1 Å². The zero-order valence-corrected chi connectivity index (χ0v) is 13.9. The van der Waals surface area contributed by atoms with Crippen molar-refractivity contribution in [1.29, 1.82) is 0 Å². The van der Waals surface area contributed by atoms with Gasteiger partial charge in [-0.05, 0) is 26.8 Å². The van der Waals surface area contributed by atoms with Crippen LogP contribution in [0.2, 0.25) is 0 Å². The van der Waals surface area contributed by atoms with Gasteiger partial charge in [-0.1, -0.05) is 24.3 Å². The number of rotatable bonds is 4. The number of anilines is 1. The van der Waals surface area contributed by atoms with Crippen molar-refractivity contribution in [3.05, 3.63) is 42.5 Å². The zero-order valence-electron chi connectivity index (χ0n) is 13.9. The second-order valence-electron chi connectivity index (χ2n) is 6.29. The van der Waals surface area contributed by atoms with Crippen molar-refractivity contribution in [3.8, 4) is 0 Å². The molecule has 2 rings (SSSR count). The molecule has 23 heavy (non-hydrogen) atoms. The third kappa shape index (κ3) is 3.22. The second-order valence-corrected chi connectivity index (χ2v) is 6.29. The Kier molecular flexibility index (Phi) is 4.47. The molecule has 0 bridgehead atoms. The maximum Gasteiger partial charge on any atom is 0.410 e. The first kappa shape index (κ1) is 17.0. The monoisotopic (exact) mass is 318 g/mol. The molecule has 0 spiro atoms. The predicted molar refractivity (Wildman–Crippen MR) is 87.0 cm³/mol. The van der Waals surface area contributed by atoms with Crippen LogP contribution in [-0.2, 0) is 20.0 Å². The Balaban J connectivity index is 2.42. The van der Waals surface area contributed by atoms with Crippen molar-refractivity contribution in [3.63, 3.8) is 0 Å². The summed E-state index contributed by atoms with van der Waals surface area (Å²) in [4.78, 5) is 26.5. The van der Waals surface area contributed by atoms with E-state index >= 15 is 0 Å². The number of ether oxygens (including phenoxy) is 2. The SMILES string of the molecule is C=CCO[C@@]1(NC(=O)OC(C)(C)C)C(=O)N(C)c2ccccc21. The molecular formula is C17H22N2O4. The van der Waals surface area contributed by atoms with E-state index in [9.17, 15) is 9.59 Å². The van der Waals surface area contributed by atoms with Crippen LogP contribution < -0.4 is 10.2 Å². The van der Waals surface area contributed by atoms with Crippen molar-refractivity contribution in [2.45, 2.75) is 32.1 Å². The highest BCUT2D eigenvalue weighted by Gasteiger charge is 2.52. The molecule has 0 saturated heterocycles. The van der Waals surface area contributed by atoms with Gasteiger partial charge < -0.3 is 14.4 Å². The van der Waals surface area contributed by atoms with Crippen molar-refractivity contribution >= 4 is 17.7 Å². The summed E-state index contributed by atoms with van der Waals surface area (Å²) in [5.41, 5.74) is -1.05. The second kappa shape index (κ2) is 6.04. The molecule has 2 amide bonds. The molecule has 0 aromatic heterocycles. The first-order valence-electron chi connectivity index (χ1n) is 7.35. The number of nitrogens with zero attached hydrogens (tertiary/aromatic N) is 1. The molecule has 1 atom stereocenters. The van der Waals surface area contributed by atoms with E-state index in [0.717, 1.165) is 0 Å². The van der Waals surface area contributed by atoms with Crippen LogP contribution >= 0.6 is 0 Å². The van der Waals surface area contributed by atoms with Gasteiger partial charge in [-0.2, -0.15) is 0 Å². The Bertz CT molecular complexity index is 636. The molecule has 0 unspecified atom stereocenters. The summed E-state index contributed by atoms with van der Waals surface area (Å²) in [6.45, 7) is 8.95. The smallest absolute Gasteiger partial charge is 0.410 e. The molecule has 1 N–H and O–H groups in total. The van der Waals surface area contributed by atoms with Crippen LogP contribution in [0.4, 0.5) is 10.5 Å². The van der Waals surface area contributed by atoms with Crippen LogP contribution in [0.15, 0.2) is 36.9 Å². The molecule has 0 radical (unpaired) electrons. The number of amides is 2. The number of benzene rings is 1. The van der Waals surface area contributed by atoms with Gasteiger partial charge in [0, 0.05) is 12.6 Å². The predicted octanol–water partition coefficient (Wildman–Crippen LogP) is 2.54. The minimum atomic E-state index is -1.61. The highest BCUT2D eigenvalue weighted by atomic mass is 16.6. The Morgan fingerprint density at radius 2 is 2.04 bits per heavy atom. The zero-order chi connectivity index (χ0) is 17.3. The molecule has 0 saturated carbocycles. The number of para-hydroxylation sites is 1. The summed E-state index contributed by atoms with van der Waals surface area (Å²) in [6.07, 6.45) is 0.798. The van der Waals surface area contributed by atoms with Crippen LogP contribution in [0.5, 0.6) is 0 Å². The maximum atomic E-state index is 12.8. The van der Waals surface area contributed by atoms with E-state index in [0.29, 0.717) is 11.3 Å². The molecule has 1 aliphatic rings. The quantitative estimate of drug-likeness (QED) is 0.684. The van der Waals surface area contributed by atoms with Gasteiger partial charge in [0.25, 0.3) is 11.6 Å². The van der Waals surface area contributed by atoms with Crippen LogP contribution in [0, 0.1) is 0 Å². The van der Waals surface area contributed by atoms with Gasteiger partial charge in [0.15, 0.2) is 0 Å². The lowest BCUT2D eigenvalue weighted by Crippen LogP contribution is -2.55. The highest BCUT2D eigenvalue weighted by Crippen LogP contribution is 2.40. The van der Waals surface area contributed by atoms with Gasteiger partial charge in [-0.15, -0.1) is 6.58 Å². The third-order valence-electron chi connectivity index (χ3n) is 3.35. The topological polar surface area (TPSA) is 67.9 Å². The molecule has 1 aromatic rings. The van der Waals surface area contributed by atoms with Crippen LogP contribution in [0.3, 0.4) is 0 Å². The third-order valence-corrected chi connectivity index (χ3v) is 3.35. The number of likely N-dealkylation sites (N-methyl/N-ethyl adjacent to an activating group) is 1. The van der Waals surface area contributed by atoms with Gasteiger partial charge in [0.1, 0.15) is 5.60 Å². The average molecular weight is 318 g/mol. The highest BCUT2D eigenvalue weighted by molar-refractivity contribution is 6.07. The van der Waals surface area contributed by atoms with E-state index < -0.39 is 17.4 Å². The van der Waals surface area contributed by atoms with E-state index in [1.165, 1.54) is 11.0 Å². The molecule has 1 aliphatic heterocycles. The first-order valence-corrected chi connectivity index (χ1v) is 7.35. The van der Waals surface area contributed by atoms with Crippen LogP contribution in [0.25, 0.3) is 0 Å². The summed E-state index contributed by atoms with van der Waals surface area (Å²) < 4.78 is 11.0. The lowest BCUT2D eigenvalue weighted by atomic mass is 10.0. The normalized spacial score (nSPS) is 20.2. The molecule has 1 heterocycles. The van der Waals surface area contributed by atoms with E-state index in [2.05, 4.69) is 11.9 Å². The van der Waals surface area contributed by atoms with E-state index in [4.69, 9.17) is 9.47 Å². The Hall–Kier alpha value is -2.34. The van der Waals surface area contributed by atoms with Crippen molar-refractivity contribution in [2.75, 3.05) is 18.6 Å². The number of alkyl carbamates (subject to hydrolysis) is 1. The molecule has 6 nitrogen and oxygen atoms in total. The average Bonchev–Trinajstić information content (AvgIpc) is 2.66. The van der Waals surface area contributed by atoms with Crippen molar-refractivity contribution in [2.24, 2.45) is 0 Å². The number of nitrogens with one attached hydrogen (secondary N) is 1. The fourth-order valence-electron chi connectivity index (χ4n) is 2.45. The number of carbonyl (C=O) groups is 2. The molecule has 0 aliphatic carbocycles. The summed E-state index contributed by atoms with van der Waals surface area (Å²) >= 11 is 0. The summed E-state index contributed by atoms with van der Waals surface area (Å²) in [7, 11) is 1.64. The largest absolute Gasteiger partial charge is 0.444 e. The lowest BCUT2D eigenvalue weighted by molar-refractivity contribution is -0.146. The minimum absolute atomic E-state index is 0.101. The Morgan fingerprint density at radius 1 is 1.39 bits per heavy atom. The lowest BCUT2D eigenvalue weighted by Gasteiger charge is -2.30. The number of hydrogen-bond donors (Lipinski definition) is 1. The fourth-order valence-corrected chi connectivity index (χ4v) is 2.45. The summed E-state index contributed by atoms with van der Waals surface area (Å²) in [6, 6.07) is 7.15. The van der Waals surface area contributed by atoms with Gasteiger partial charge in [0.2, 0.25) is 0 Å². The number of hydrogen-bond acceptors (Lipinski definition) is 4. The van der Waals surface area contributed by atoms with Gasteiger partial charge in [0.05, 0.1) is 12.3 Å². The molecule has 124 valence electrons. The number of carbonyl (C=O) groups excluding carboxylic acids is 2. The first-order chi connectivity index (χ1) is 10.7. The molecule has 1 aromatic carbocycles. The minimum Gasteiger partial charge on any atom is -0.444 e. The summed E-state index contributed by atoms with van der Waals surface area (Å²) in [5, 5.41) is 2.60. The van der Waals surface area contributed by atoms with E-state index in [1.807, 2.05) is 6.07 Å². The maximum absolute atomic E-state index is 12.8. The van der Waals surface area contributed by atoms with E-state index in [-0.39, 0.29) is 12.5 Å². The molecule has 0 fully saturated rings. The van der Waals surface area contributed by atoms with Crippen LogP contribution in [0.1, 0.15) is 26.3 Å². The fraction of sp³-hybridized carbons (Fsp3) is 0.412. The Morgan fingerprint density at radius 3 is 2.65 bits per heavy atom. The van der Waals surface area contributed by atoms with E-state index in [1.54, 1.807) is 46.0 Å². The summed E-state index contributed by atoms with van der Waals surface area (Å²) in [5.74, 6) is -0.383. The van der Waals surface area contributed by atoms with Crippen molar-refractivity contribution in [1.82, 2.24) is 5.32 Å². The number of fused-ring (bicyclic) bond motifs is 1. The van der Waals surface area contributed by atoms with Crippen molar-refractivity contribution < 1.29 is 19.1 Å². The molecule has 6 heteroatoms. The molecular weight excluding hydrogens is 296 g/mol. The van der Waals surface area contributed by atoms with Gasteiger partial charge >= 0.3 is 6.09 Å². The van der Waals surface area contributed by atoms with Gasteiger partial charge in [-0.25, -0.2) is 4.79 Å².